The van der Waals surface area contributed by atoms with E-state index in [4.69, 9.17) is 27.9 Å². The molecular weight excluding hydrogens is 243 g/mol. The van der Waals surface area contributed by atoms with E-state index in [1.54, 1.807) is 13.2 Å². The van der Waals surface area contributed by atoms with Gasteiger partial charge in [0.25, 0.3) is 0 Å². The number of methoxy groups -OCH3 is 1. The molecule has 0 fully saturated rings. The predicted octanol–water partition coefficient (Wildman–Crippen LogP) is 4.67. The smallest absolute Gasteiger partial charge is 0.145 e. The van der Waals surface area contributed by atoms with E-state index in [0.29, 0.717) is 15.8 Å². The minimum absolute atomic E-state index is 0.597. The highest BCUT2D eigenvalue weighted by Gasteiger charge is 2.09. The molecule has 16 heavy (non-hydrogen) atoms. The highest BCUT2D eigenvalue weighted by molar-refractivity contribution is 6.32. The van der Waals surface area contributed by atoms with E-state index in [2.05, 4.69) is 0 Å². The first-order valence-corrected chi connectivity index (χ1v) is 5.56. The van der Waals surface area contributed by atoms with Crippen LogP contribution in [0.5, 0.6) is 5.75 Å². The van der Waals surface area contributed by atoms with Crippen molar-refractivity contribution in [3.63, 3.8) is 0 Å². The molecule has 3 heteroatoms. The third-order valence-corrected chi connectivity index (χ3v) is 2.84. The van der Waals surface area contributed by atoms with Crippen LogP contribution in [-0.4, -0.2) is 7.11 Å². The van der Waals surface area contributed by atoms with E-state index < -0.39 is 0 Å². The summed E-state index contributed by atoms with van der Waals surface area (Å²) in [7, 11) is 1.61. The monoisotopic (exact) mass is 252 g/mol. The molecule has 0 heterocycles. The van der Waals surface area contributed by atoms with Crippen LogP contribution >= 0.6 is 23.2 Å². The van der Waals surface area contributed by atoms with Gasteiger partial charge in [0, 0.05) is 10.6 Å². The van der Waals surface area contributed by atoms with Crippen molar-refractivity contribution < 1.29 is 4.74 Å². The van der Waals surface area contributed by atoms with Crippen molar-refractivity contribution in [2.75, 3.05) is 7.11 Å². The number of rotatable bonds is 2. The normalized spacial score (nSPS) is 10.2. The van der Waals surface area contributed by atoms with Gasteiger partial charge in [0.15, 0.2) is 0 Å². The second-order valence-electron chi connectivity index (χ2n) is 3.33. The molecular formula is C13H10Cl2O. The summed E-state index contributed by atoms with van der Waals surface area (Å²) in [6.07, 6.45) is 0. The molecule has 0 bridgehead atoms. The van der Waals surface area contributed by atoms with Crippen LogP contribution in [0.3, 0.4) is 0 Å². The van der Waals surface area contributed by atoms with Crippen molar-refractivity contribution in [1.29, 1.82) is 0 Å². The van der Waals surface area contributed by atoms with Gasteiger partial charge in [-0.2, -0.15) is 0 Å². The predicted molar refractivity (Wildman–Crippen MR) is 68.5 cm³/mol. The Bertz CT molecular complexity index is 509. The maximum atomic E-state index is 6.06. The molecule has 0 aliphatic heterocycles. The summed E-state index contributed by atoms with van der Waals surface area (Å²) in [5, 5.41) is 1.29. The fraction of sp³-hybridized carbons (Fsp3) is 0.0769. The minimum Gasteiger partial charge on any atom is -0.495 e. The number of halogens is 2. The van der Waals surface area contributed by atoms with Crippen LogP contribution in [0.15, 0.2) is 42.5 Å². The SMILES string of the molecule is COc1c(Cl)cccc1-c1cccc(Cl)c1. The summed E-state index contributed by atoms with van der Waals surface area (Å²) in [6.45, 7) is 0. The van der Waals surface area contributed by atoms with Crippen molar-refractivity contribution in [3.05, 3.63) is 52.5 Å². The molecule has 0 spiro atoms. The Labute approximate surface area is 105 Å². The molecule has 0 radical (unpaired) electrons. The summed E-state index contributed by atoms with van der Waals surface area (Å²) in [4.78, 5) is 0. The van der Waals surface area contributed by atoms with Gasteiger partial charge >= 0.3 is 0 Å². The summed E-state index contributed by atoms with van der Waals surface area (Å²) >= 11 is 12.0. The molecule has 2 aromatic rings. The third kappa shape index (κ3) is 2.16. The van der Waals surface area contributed by atoms with Crippen LogP contribution in [0.4, 0.5) is 0 Å². The Hall–Kier alpha value is -1.18. The van der Waals surface area contributed by atoms with Gasteiger partial charge in [-0.3, -0.25) is 0 Å². The molecule has 0 saturated carbocycles. The number of hydrogen-bond donors (Lipinski definition) is 0. The number of para-hydroxylation sites is 1. The van der Waals surface area contributed by atoms with Gasteiger partial charge in [0.05, 0.1) is 12.1 Å². The average molecular weight is 253 g/mol. The maximum absolute atomic E-state index is 6.06. The van der Waals surface area contributed by atoms with E-state index in [0.717, 1.165) is 11.1 Å². The summed E-state index contributed by atoms with van der Waals surface area (Å²) in [6, 6.07) is 13.2. The van der Waals surface area contributed by atoms with Gasteiger partial charge in [-0.25, -0.2) is 0 Å². The zero-order valence-electron chi connectivity index (χ0n) is 8.71. The maximum Gasteiger partial charge on any atom is 0.145 e. The molecule has 0 aliphatic rings. The van der Waals surface area contributed by atoms with Crippen LogP contribution in [-0.2, 0) is 0 Å². The van der Waals surface area contributed by atoms with Crippen LogP contribution in [0.2, 0.25) is 10.0 Å². The first-order valence-electron chi connectivity index (χ1n) is 4.81. The Kier molecular flexibility index (Phi) is 3.37. The molecule has 82 valence electrons. The van der Waals surface area contributed by atoms with Crippen LogP contribution in [0, 0.1) is 0 Å². The standard InChI is InChI=1S/C13H10Cl2O/c1-16-13-11(6-3-7-12(13)15)9-4-2-5-10(14)8-9/h2-8H,1H3. The first kappa shape index (κ1) is 11.3. The fourth-order valence-electron chi connectivity index (χ4n) is 1.60. The zero-order chi connectivity index (χ0) is 11.5. The molecule has 2 aromatic carbocycles. The molecule has 1 nitrogen and oxygen atoms in total. The first-order chi connectivity index (χ1) is 7.72. The Morgan fingerprint density at radius 1 is 1.00 bits per heavy atom. The number of hydrogen-bond acceptors (Lipinski definition) is 1. The van der Waals surface area contributed by atoms with Gasteiger partial charge in [-0.1, -0.05) is 47.5 Å². The highest BCUT2D eigenvalue weighted by atomic mass is 35.5. The molecule has 0 atom stereocenters. The van der Waals surface area contributed by atoms with Gasteiger partial charge in [-0.15, -0.1) is 0 Å². The largest absolute Gasteiger partial charge is 0.495 e. The summed E-state index contributed by atoms with van der Waals surface area (Å²) < 4.78 is 5.30. The van der Waals surface area contributed by atoms with Crippen LogP contribution < -0.4 is 4.74 Å². The van der Waals surface area contributed by atoms with Gasteiger partial charge in [0.1, 0.15) is 5.75 Å². The molecule has 0 amide bonds. The molecule has 0 aliphatic carbocycles. The van der Waals surface area contributed by atoms with Gasteiger partial charge in [-0.05, 0) is 23.8 Å². The van der Waals surface area contributed by atoms with E-state index in [1.807, 2.05) is 36.4 Å². The second kappa shape index (κ2) is 4.77. The van der Waals surface area contributed by atoms with Crippen molar-refractivity contribution in [1.82, 2.24) is 0 Å². The lowest BCUT2D eigenvalue weighted by Gasteiger charge is -2.10. The van der Waals surface area contributed by atoms with Crippen LogP contribution in [0.25, 0.3) is 11.1 Å². The van der Waals surface area contributed by atoms with Crippen molar-refractivity contribution in [2.45, 2.75) is 0 Å². The van der Waals surface area contributed by atoms with Crippen molar-refractivity contribution >= 4 is 23.2 Å². The lowest BCUT2D eigenvalue weighted by atomic mass is 10.0. The van der Waals surface area contributed by atoms with Gasteiger partial charge in [0.2, 0.25) is 0 Å². The quantitative estimate of drug-likeness (QED) is 0.755. The van der Waals surface area contributed by atoms with E-state index in [9.17, 15) is 0 Å². The van der Waals surface area contributed by atoms with E-state index in [1.165, 1.54) is 0 Å². The second-order valence-corrected chi connectivity index (χ2v) is 4.17. The van der Waals surface area contributed by atoms with Crippen molar-refractivity contribution in [2.24, 2.45) is 0 Å². The van der Waals surface area contributed by atoms with E-state index >= 15 is 0 Å². The zero-order valence-corrected chi connectivity index (χ0v) is 10.2. The lowest BCUT2D eigenvalue weighted by molar-refractivity contribution is 0.416. The molecule has 0 unspecified atom stereocenters. The Morgan fingerprint density at radius 2 is 1.75 bits per heavy atom. The number of ether oxygens (including phenoxy) is 1. The topological polar surface area (TPSA) is 9.23 Å². The summed E-state index contributed by atoms with van der Waals surface area (Å²) in [5.74, 6) is 0.673. The molecule has 0 N–H and O–H groups in total. The highest BCUT2D eigenvalue weighted by Crippen LogP contribution is 2.36. The Morgan fingerprint density at radius 3 is 2.44 bits per heavy atom. The van der Waals surface area contributed by atoms with Crippen LogP contribution in [0.1, 0.15) is 0 Å². The summed E-state index contributed by atoms with van der Waals surface area (Å²) in [5.41, 5.74) is 1.93. The lowest BCUT2D eigenvalue weighted by Crippen LogP contribution is -1.88. The Balaban J connectivity index is 2.60. The fourth-order valence-corrected chi connectivity index (χ4v) is 2.04. The third-order valence-electron chi connectivity index (χ3n) is 2.31. The number of benzene rings is 2. The average Bonchev–Trinajstić information content (AvgIpc) is 2.28. The van der Waals surface area contributed by atoms with Crippen molar-refractivity contribution in [3.8, 4) is 16.9 Å². The minimum atomic E-state index is 0.597. The molecule has 0 aromatic heterocycles. The van der Waals surface area contributed by atoms with Gasteiger partial charge < -0.3 is 4.74 Å². The molecule has 2 rings (SSSR count). The van der Waals surface area contributed by atoms with E-state index in [-0.39, 0.29) is 0 Å². The molecule has 0 saturated heterocycles.